The first-order valence-electron chi connectivity index (χ1n) is 3.42. The zero-order valence-electron chi connectivity index (χ0n) is 6.62. The standard InChI is InChI=1S/C5H8N4O3S/c1-2-4-5(7-9-6)3-12-13(10,11)8-4/h2,4-5,8H,1,3H2/t4-,5+/m1/s1. The Kier molecular flexibility index (Phi) is 2.89. The molecule has 1 N–H and O–H groups in total. The molecule has 2 atom stereocenters. The lowest BCUT2D eigenvalue weighted by Gasteiger charge is -2.25. The highest BCUT2D eigenvalue weighted by Crippen LogP contribution is 2.11. The zero-order valence-corrected chi connectivity index (χ0v) is 7.44. The van der Waals surface area contributed by atoms with Gasteiger partial charge in [-0.25, -0.2) is 0 Å². The molecule has 1 aliphatic rings. The maximum absolute atomic E-state index is 10.9. The van der Waals surface area contributed by atoms with Crippen LogP contribution in [0.25, 0.3) is 10.4 Å². The van der Waals surface area contributed by atoms with Gasteiger partial charge in [0, 0.05) is 4.91 Å². The van der Waals surface area contributed by atoms with Gasteiger partial charge in [0.05, 0.1) is 18.7 Å². The highest BCUT2D eigenvalue weighted by molar-refractivity contribution is 7.84. The zero-order chi connectivity index (χ0) is 9.90. The van der Waals surface area contributed by atoms with E-state index in [9.17, 15) is 8.42 Å². The topological polar surface area (TPSA) is 104 Å². The summed E-state index contributed by atoms with van der Waals surface area (Å²) >= 11 is 0. The Labute approximate surface area is 75.3 Å². The monoisotopic (exact) mass is 204 g/mol. The molecule has 7 nitrogen and oxygen atoms in total. The number of hydrogen-bond donors (Lipinski definition) is 1. The second-order valence-corrected chi connectivity index (χ2v) is 3.77. The summed E-state index contributed by atoms with van der Waals surface area (Å²) in [7, 11) is -3.70. The van der Waals surface area contributed by atoms with Crippen LogP contribution in [0.5, 0.6) is 0 Å². The van der Waals surface area contributed by atoms with Gasteiger partial charge in [-0.15, -0.1) is 6.58 Å². The summed E-state index contributed by atoms with van der Waals surface area (Å²) in [5.41, 5.74) is 8.15. The number of nitrogens with zero attached hydrogens (tertiary/aromatic N) is 3. The van der Waals surface area contributed by atoms with Crippen LogP contribution in [-0.4, -0.2) is 27.1 Å². The quantitative estimate of drug-likeness (QED) is 0.298. The van der Waals surface area contributed by atoms with Crippen molar-refractivity contribution in [2.24, 2.45) is 5.11 Å². The maximum Gasteiger partial charge on any atom is 0.336 e. The van der Waals surface area contributed by atoms with E-state index in [1.54, 1.807) is 0 Å². The summed E-state index contributed by atoms with van der Waals surface area (Å²) < 4.78 is 28.3. The molecule has 0 aliphatic carbocycles. The average Bonchev–Trinajstić information content (AvgIpc) is 2.08. The van der Waals surface area contributed by atoms with Gasteiger partial charge >= 0.3 is 10.3 Å². The summed E-state index contributed by atoms with van der Waals surface area (Å²) in [6, 6.07) is -1.18. The first-order chi connectivity index (χ1) is 6.09. The molecule has 1 heterocycles. The maximum atomic E-state index is 10.9. The van der Waals surface area contributed by atoms with Crippen molar-refractivity contribution in [3.05, 3.63) is 23.1 Å². The second kappa shape index (κ2) is 3.75. The van der Waals surface area contributed by atoms with Gasteiger partial charge < -0.3 is 0 Å². The van der Waals surface area contributed by atoms with E-state index in [0.717, 1.165) is 0 Å². The van der Waals surface area contributed by atoms with E-state index in [0.29, 0.717) is 0 Å². The van der Waals surface area contributed by atoms with Crippen LogP contribution in [0.1, 0.15) is 0 Å². The predicted octanol–water partition coefficient (Wildman–Crippen LogP) is 0.0845. The Morgan fingerprint density at radius 2 is 2.46 bits per heavy atom. The fraction of sp³-hybridized carbons (Fsp3) is 0.600. The molecule has 1 fully saturated rings. The molecule has 0 amide bonds. The minimum atomic E-state index is -3.70. The largest absolute Gasteiger partial charge is 0.336 e. The van der Waals surface area contributed by atoms with Crippen LogP contribution in [0.4, 0.5) is 0 Å². The van der Waals surface area contributed by atoms with Crippen molar-refractivity contribution < 1.29 is 12.6 Å². The highest BCUT2D eigenvalue weighted by atomic mass is 32.2. The van der Waals surface area contributed by atoms with Gasteiger partial charge in [0.2, 0.25) is 0 Å². The molecular weight excluding hydrogens is 196 g/mol. The van der Waals surface area contributed by atoms with E-state index < -0.39 is 22.4 Å². The molecular formula is C5H8N4O3S. The third-order valence-electron chi connectivity index (χ3n) is 1.54. The van der Waals surface area contributed by atoms with Gasteiger partial charge in [-0.2, -0.15) is 13.1 Å². The normalized spacial score (nSPS) is 31.7. The van der Waals surface area contributed by atoms with Crippen molar-refractivity contribution in [3.63, 3.8) is 0 Å². The van der Waals surface area contributed by atoms with E-state index in [2.05, 4.69) is 25.5 Å². The molecule has 0 saturated carbocycles. The van der Waals surface area contributed by atoms with Crippen LogP contribution >= 0.6 is 0 Å². The van der Waals surface area contributed by atoms with E-state index in [4.69, 9.17) is 5.53 Å². The van der Waals surface area contributed by atoms with Crippen LogP contribution in [0.2, 0.25) is 0 Å². The fourth-order valence-electron chi connectivity index (χ4n) is 0.919. The van der Waals surface area contributed by atoms with Crippen LogP contribution in [0.3, 0.4) is 0 Å². The smallest absolute Gasteiger partial charge is 0.258 e. The average molecular weight is 204 g/mol. The molecule has 13 heavy (non-hydrogen) atoms. The molecule has 0 bridgehead atoms. The van der Waals surface area contributed by atoms with Gasteiger partial charge in [-0.1, -0.05) is 11.2 Å². The Balaban J connectivity index is 2.83. The van der Waals surface area contributed by atoms with Crippen LogP contribution < -0.4 is 4.72 Å². The number of nitrogens with one attached hydrogen (secondary N) is 1. The summed E-state index contributed by atoms with van der Waals surface area (Å²) in [5, 5.41) is 3.36. The lowest BCUT2D eigenvalue weighted by Crippen LogP contribution is -2.49. The lowest BCUT2D eigenvalue weighted by molar-refractivity contribution is 0.244. The number of azide groups is 1. The Morgan fingerprint density at radius 3 is 3.00 bits per heavy atom. The van der Waals surface area contributed by atoms with Gasteiger partial charge in [0.15, 0.2) is 0 Å². The molecule has 8 heteroatoms. The first kappa shape index (κ1) is 10.0. The molecule has 0 unspecified atom stereocenters. The molecule has 0 radical (unpaired) electrons. The van der Waals surface area contributed by atoms with Gasteiger partial charge in [-0.3, -0.25) is 4.18 Å². The van der Waals surface area contributed by atoms with E-state index >= 15 is 0 Å². The Morgan fingerprint density at radius 1 is 1.77 bits per heavy atom. The lowest BCUT2D eigenvalue weighted by atomic mass is 10.1. The minimum absolute atomic E-state index is 0.157. The van der Waals surface area contributed by atoms with Gasteiger partial charge in [0.25, 0.3) is 0 Å². The number of hydrogen-bond acceptors (Lipinski definition) is 4. The van der Waals surface area contributed by atoms with Crippen molar-refractivity contribution >= 4 is 10.3 Å². The Hall–Kier alpha value is -1.08. The van der Waals surface area contributed by atoms with Crippen molar-refractivity contribution in [2.75, 3.05) is 6.61 Å². The van der Waals surface area contributed by atoms with Crippen molar-refractivity contribution in [1.29, 1.82) is 0 Å². The van der Waals surface area contributed by atoms with Crippen molar-refractivity contribution in [2.45, 2.75) is 12.1 Å². The first-order valence-corrected chi connectivity index (χ1v) is 4.83. The summed E-state index contributed by atoms with van der Waals surface area (Å²) in [6.45, 7) is 3.26. The molecule has 0 aromatic rings. The molecule has 72 valence electrons. The SMILES string of the molecule is C=C[C@H]1NS(=O)(=O)OC[C@@H]1N=[N+]=[N-]. The molecule has 0 aromatic carbocycles. The van der Waals surface area contributed by atoms with Crippen LogP contribution in [-0.2, 0) is 14.5 Å². The molecule has 1 rings (SSSR count). The molecule has 1 aliphatic heterocycles. The second-order valence-electron chi connectivity index (χ2n) is 2.39. The third-order valence-corrected chi connectivity index (χ3v) is 2.55. The van der Waals surface area contributed by atoms with Crippen molar-refractivity contribution in [3.8, 4) is 0 Å². The summed E-state index contributed by atoms with van der Waals surface area (Å²) in [5.74, 6) is 0. The summed E-state index contributed by atoms with van der Waals surface area (Å²) in [6.07, 6.45) is 1.36. The fourth-order valence-corrected chi connectivity index (χ4v) is 1.89. The van der Waals surface area contributed by atoms with Crippen LogP contribution in [0.15, 0.2) is 17.8 Å². The Bertz CT molecular complexity index is 345. The predicted molar refractivity (Wildman–Crippen MR) is 44.9 cm³/mol. The molecule has 0 aromatic heterocycles. The van der Waals surface area contributed by atoms with Crippen molar-refractivity contribution in [1.82, 2.24) is 4.72 Å². The number of rotatable bonds is 2. The highest BCUT2D eigenvalue weighted by Gasteiger charge is 2.30. The van der Waals surface area contributed by atoms with Gasteiger partial charge in [-0.05, 0) is 5.53 Å². The van der Waals surface area contributed by atoms with Gasteiger partial charge in [0.1, 0.15) is 0 Å². The summed E-state index contributed by atoms with van der Waals surface area (Å²) in [4.78, 5) is 2.57. The molecule has 0 spiro atoms. The molecule has 1 saturated heterocycles. The third kappa shape index (κ3) is 2.43. The van der Waals surface area contributed by atoms with Crippen LogP contribution in [0, 0.1) is 0 Å². The van der Waals surface area contributed by atoms with E-state index in [-0.39, 0.29) is 6.61 Å². The minimum Gasteiger partial charge on any atom is -0.258 e. The van der Waals surface area contributed by atoms with E-state index in [1.165, 1.54) is 6.08 Å². The van der Waals surface area contributed by atoms with E-state index in [1.807, 2.05) is 0 Å².